The molecule has 0 saturated carbocycles. The first kappa shape index (κ1) is 20.8. The molecular formula is C32H24N4. The smallest absolute Gasteiger partial charge is 0.196 e. The summed E-state index contributed by atoms with van der Waals surface area (Å²) in [5, 5.41) is 0. The summed E-state index contributed by atoms with van der Waals surface area (Å²) in [6.45, 7) is 4.61. The Labute approximate surface area is 210 Å². The zero-order valence-corrected chi connectivity index (χ0v) is 20.2. The molecule has 6 aromatic rings. The maximum absolute atomic E-state index is 4.98. The normalized spacial score (nSPS) is 13.5. The van der Waals surface area contributed by atoms with Crippen molar-refractivity contribution in [2.24, 2.45) is 0 Å². The maximum atomic E-state index is 4.98. The molecule has 0 unspecified atom stereocenters. The van der Waals surface area contributed by atoms with E-state index in [1.54, 1.807) is 12.4 Å². The minimum atomic E-state index is -0.181. The average Bonchev–Trinajstić information content (AvgIpc) is 3.33. The lowest BCUT2D eigenvalue weighted by atomic mass is 9.74. The first-order valence-corrected chi connectivity index (χ1v) is 12.2. The number of benzene rings is 4. The highest BCUT2D eigenvalue weighted by molar-refractivity contribution is 5.90. The van der Waals surface area contributed by atoms with E-state index in [0.29, 0.717) is 5.82 Å². The summed E-state index contributed by atoms with van der Waals surface area (Å²) in [6, 6.07) is 34.3. The fraction of sp³-hybridized carbons (Fsp3) is 0.0938. The number of para-hydroxylation sites is 1. The predicted octanol–water partition coefficient (Wildman–Crippen LogP) is 7.46. The summed E-state index contributed by atoms with van der Waals surface area (Å²) in [6.07, 6.45) is 3.54. The highest BCUT2D eigenvalue weighted by Gasteiger charge is 2.36. The molecule has 0 saturated heterocycles. The largest absolute Gasteiger partial charge is 0.289 e. The third-order valence-corrected chi connectivity index (χ3v) is 7.35. The number of hydrogen-bond donors (Lipinski definition) is 0. The Morgan fingerprint density at radius 3 is 2.03 bits per heavy atom. The predicted molar refractivity (Wildman–Crippen MR) is 145 cm³/mol. The SMILES string of the molecule is CC1(C)c2cc(-c3ccc(-c4ccccc4)cc3)ccc2-n2c(-c3ncccn3)nc3cccc1c32. The molecule has 36 heavy (non-hydrogen) atoms. The lowest BCUT2D eigenvalue weighted by Gasteiger charge is -2.34. The number of fused-ring (bicyclic) bond motifs is 2. The van der Waals surface area contributed by atoms with Crippen molar-refractivity contribution in [2.45, 2.75) is 19.3 Å². The van der Waals surface area contributed by atoms with Crippen LogP contribution in [0.25, 0.3) is 50.6 Å². The standard InChI is InChI=1S/C32H24N4/c1-32(2)25-10-6-11-27-29(25)36(31(35-27)30-33-18-7-19-34-30)28-17-16-24(20-26(28)32)23-14-12-22(13-15-23)21-8-4-3-5-9-21/h3-20H,1-2H3. The fourth-order valence-corrected chi connectivity index (χ4v) is 5.47. The van der Waals surface area contributed by atoms with E-state index in [4.69, 9.17) is 4.98 Å². The summed E-state index contributed by atoms with van der Waals surface area (Å²) >= 11 is 0. The molecule has 7 rings (SSSR count). The highest BCUT2D eigenvalue weighted by Crippen LogP contribution is 2.46. The van der Waals surface area contributed by atoms with Gasteiger partial charge in [0.25, 0.3) is 0 Å². The third kappa shape index (κ3) is 3.04. The van der Waals surface area contributed by atoms with E-state index >= 15 is 0 Å². The van der Waals surface area contributed by atoms with E-state index in [0.717, 1.165) is 22.5 Å². The second-order valence-electron chi connectivity index (χ2n) is 9.82. The third-order valence-electron chi connectivity index (χ3n) is 7.35. The molecule has 0 amide bonds. The fourth-order valence-electron chi connectivity index (χ4n) is 5.47. The molecular weight excluding hydrogens is 440 g/mol. The van der Waals surface area contributed by atoms with Gasteiger partial charge in [0, 0.05) is 17.8 Å². The minimum Gasteiger partial charge on any atom is -0.289 e. The molecule has 1 aliphatic rings. The second kappa shape index (κ2) is 7.72. The van der Waals surface area contributed by atoms with Crippen molar-refractivity contribution < 1.29 is 0 Å². The van der Waals surface area contributed by atoms with E-state index in [9.17, 15) is 0 Å². The second-order valence-corrected chi connectivity index (χ2v) is 9.82. The summed E-state index contributed by atoms with van der Waals surface area (Å²) in [5.41, 5.74) is 10.4. The zero-order valence-electron chi connectivity index (χ0n) is 20.2. The Bertz CT molecular complexity index is 1730. The van der Waals surface area contributed by atoms with Gasteiger partial charge in [-0.15, -0.1) is 0 Å². The summed E-state index contributed by atoms with van der Waals surface area (Å²) in [5.74, 6) is 1.40. The van der Waals surface area contributed by atoms with Gasteiger partial charge in [-0.05, 0) is 57.6 Å². The Kier molecular flexibility index (Phi) is 4.45. The van der Waals surface area contributed by atoms with Crippen LogP contribution in [0.1, 0.15) is 25.0 Å². The Morgan fingerprint density at radius 2 is 1.28 bits per heavy atom. The summed E-state index contributed by atoms with van der Waals surface area (Å²) in [7, 11) is 0. The van der Waals surface area contributed by atoms with Gasteiger partial charge in [0.05, 0.1) is 16.7 Å². The number of aromatic nitrogens is 4. The van der Waals surface area contributed by atoms with Crippen molar-refractivity contribution in [1.82, 2.24) is 19.5 Å². The lowest BCUT2D eigenvalue weighted by molar-refractivity contribution is 0.629. The molecule has 4 heteroatoms. The van der Waals surface area contributed by atoms with Gasteiger partial charge in [0.2, 0.25) is 0 Å². The van der Waals surface area contributed by atoms with Crippen molar-refractivity contribution in [3.05, 3.63) is 121 Å². The topological polar surface area (TPSA) is 43.6 Å². The van der Waals surface area contributed by atoms with Crippen LogP contribution >= 0.6 is 0 Å². The zero-order chi connectivity index (χ0) is 24.3. The molecule has 3 heterocycles. The van der Waals surface area contributed by atoms with Crippen molar-refractivity contribution in [3.8, 4) is 39.6 Å². The van der Waals surface area contributed by atoms with Gasteiger partial charge in [0.1, 0.15) is 0 Å². The van der Waals surface area contributed by atoms with E-state index in [1.807, 2.05) is 12.1 Å². The Morgan fingerprint density at radius 1 is 0.611 bits per heavy atom. The molecule has 4 aromatic carbocycles. The quantitative estimate of drug-likeness (QED) is 0.273. The molecule has 0 fully saturated rings. The molecule has 172 valence electrons. The van der Waals surface area contributed by atoms with Gasteiger partial charge in [-0.25, -0.2) is 15.0 Å². The molecule has 2 aromatic heterocycles. The van der Waals surface area contributed by atoms with Crippen molar-refractivity contribution in [3.63, 3.8) is 0 Å². The van der Waals surface area contributed by atoms with Crippen LogP contribution in [0, 0.1) is 0 Å². The van der Waals surface area contributed by atoms with Crippen LogP contribution in [0.15, 0.2) is 109 Å². The molecule has 1 aliphatic heterocycles. The number of imidazole rings is 1. The monoisotopic (exact) mass is 464 g/mol. The molecule has 0 N–H and O–H groups in total. The minimum absolute atomic E-state index is 0.181. The van der Waals surface area contributed by atoms with Crippen molar-refractivity contribution in [2.75, 3.05) is 0 Å². The summed E-state index contributed by atoms with van der Waals surface area (Å²) < 4.78 is 2.24. The van der Waals surface area contributed by atoms with Gasteiger partial charge in [-0.3, -0.25) is 4.57 Å². The Balaban J connectivity index is 1.41. The first-order chi connectivity index (χ1) is 17.6. The van der Waals surface area contributed by atoms with Gasteiger partial charge in [-0.1, -0.05) is 86.6 Å². The molecule has 0 atom stereocenters. The maximum Gasteiger partial charge on any atom is 0.196 e. The van der Waals surface area contributed by atoms with Crippen LogP contribution in [0.4, 0.5) is 0 Å². The molecule has 0 spiro atoms. The van der Waals surface area contributed by atoms with E-state index in [1.165, 1.54) is 33.4 Å². The van der Waals surface area contributed by atoms with Gasteiger partial charge in [0.15, 0.2) is 11.6 Å². The molecule has 0 radical (unpaired) electrons. The van der Waals surface area contributed by atoms with Gasteiger partial charge in [-0.2, -0.15) is 0 Å². The van der Waals surface area contributed by atoms with Crippen LogP contribution in [0.2, 0.25) is 0 Å². The van der Waals surface area contributed by atoms with Crippen LogP contribution in [0.3, 0.4) is 0 Å². The number of rotatable bonds is 3. The summed E-state index contributed by atoms with van der Waals surface area (Å²) in [4.78, 5) is 14.0. The lowest BCUT2D eigenvalue weighted by Crippen LogP contribution is -2.26. The van der Waals surface area contributed by atoms with Crippen LogP contribution in [0.5, 0.6) is 0 Å². The molecule has 0 aliphatic carbocycles. The first-order valence-electron chi connectivity index (χ1n) is 12.2. The van der Waals surface area contributed by atoms with Crippen LogP contribution in [-0.4, -0.2) is 19.5 Å². The van der Waals surface area contributed by atoms with E-state index < -0.39 is 0 Å². The number of nitrogens with zero attached hydrogens (tertiary/aromatic N) is 4. The Hall–Kier alpha value is -4.57. The van der Waals surface area contributed by atoms with Gasteiger partial charge < -0.3 is 0 Å². The van der Waals surface area contributed by atoms with E-state index in [-0.39, 0.29) is 5.41 Å². The van der Waals surface area contributed by atoms with Crippen LogP contribution < -0.4 is 0 Å². The van der Waals surface area contributed by atoms with Gasteiger partial charge >= 0.3 is 0 Å². The number of hydrogen-bond acceptors (Lipinski definition) is 3. The molecule has 4 nitrogen and oxygen atoms in total. The average molecular weight is 465 g/mol. The van der Waals surface area contributed by atoms with Crippen molar-refractivity contribution in [1.29, 1.82) is 0 Å². The highest BCUT2D eigenvalue weighted by atomic mass is 15.1. The van der Waals surface area contributed by atoms with E-state index in [2.05, 4.69) is 113 Å². The van der Waals surface area contributed by atoms with Crippen LogP contribution in [-0.2, 0) is 5.41 Å². The molecule has 0 bridgehead atoms. The van der Waals surface area contributed by atoms with Crippen molar-refractivity contribution >= 4 is 11.0 Å².